The fraction of sp³-hybridized carbons (Fsp3) is 0.429. The Morgan fingerprint density at radius 3 is 2.67 bits per heavy atom. The van der Waals surface area contributed by atoms with Gasteiger partial charge >= 0.3 is 0 Å². The lowest BCUT2D eigenvalue weighted by molar-refractivity contribution is 0.700. The zero-order valence-corrected chi connectivity index (χ0v) is 11.2. The molecule has 18 heavy (non-hydrogen) atoms. The van der Waals surface area contributed by atoms with Crippen molar-refractivity contribution in [2.45, 2.75) is 32.7 Å². The minimum absolute atomic E-state index is 0.0429. The smallest absolute Gasteiger partial charge is 0.0641 e. The average Bonchev–Trinajstić information content (AvgIpc) is 2.69. The first kappa shape index (κ1) is 12.8. The standard InChI is InChI=1S/C14H20N4/c1-4-11-5-6-12(16-8-11)7-14(15)13-9-18(3)17-10(13)2/h5-6,8-9,14H,4,7,15H2,1-3H3. The highest BCUT2D eigenvalue weighted by atomic mass is 15.2. The van der Waals surface area contributed by atoms with Gasteiger partial charge in [0.1, 0.15) is 0 Å². The van der Waals surface area contributed by atoms with E-state index in [4.69, 9.17) is 5.73 Å². The summed E-state index contributed by atoms with van der Waals surface area (Å²) in [7, 11) is 1.91. The molecule has 0 fully saturated rings. The van der Waals surface area contributed by atoms with Crippen molar-refractivity contribution in [2.24, 2.45) is 12.8 Å². The molecule has 0 aliphatic heterocycles. The zero-order valence-electron chi connectivity index (χ0n) is 11.2. The van der Waals surface area contributed by atoms with Gasteiger partial charge in [0.05, 0.1) is 5.69 Å². The first-order chi connectivity index (χ1) is 8.60. The van der Waals surface area contributed by atoms with Crippen LogP contribution in [0.15, 0.2) is 24.5 Å². The van der Waals surface area contributed by atoms with Crippen LogP contribution in [0.25, 0.3) is 0 Å². The van der Waals surface area contributed by atoms with Gasteiger partial charge in [-0.1, -0.05) is 13.0 Å². The van der Waals surface area contributed by atoms with Crippen molar-refractivity contribution in [3.63, 3.8) is 0 Å². The molecule has 0 radical (unpaired) electrons. The van der Waals surface area contributed by atoms with Crippen molar-refractivity contribution in [1.29, 1.82) is 0 Å². The first-order valence-corrected chi connectivity index (χ1v) is 6.29. The monoisotopic (exact) mass is 244 g/mol. The second-order valence-electron chi connectivity index (χ2n) is 4.67. The number of pyridine rings is 1. The van der Waals surface area contributed by atoms with Crippen molar-refractivity contribution >= 4 is 0 Å². The maximum absolute atomic E-state index is 6.22. The highest BCUT2D eigenvalue weighted by Gasteiger charge is 2.13. The minimum Gasteiger partial charge on any atom is -0.324 e. The molecule has 4 heteroatoms. The Labute approximate surface area is 108 Å². The van der Waals surface area contributed by atoms with E-state index in [1.807, 2.05) is 26.4 Å². The lowest BCUT2D eigenvalue weighted by Gasteiger charge is -2.10. The molecule has 0 saturated heterocycles. The van der Waals surface area contributed by atoms with Gasteiger partial charge in [0.25, 0.3) is 0 Å². The van der Waals surface area contributed by atoms with Crippen LogP contribution in [-0.4, -0.2) is 14.8 Å². The third kappa shape index (κ3) is 2.76. The minimum atomic E-state index is -0.0429. The van der Waals surface area contributed by atoms with Crippen LogP contribution in [0, 0.1) is 6.92 Å². The molecule has 0 spiro atoms. The summed E-state index contributed by atoms with van der Waals surface area (Å²) in [5, 5.41) is 4.32. The van der Waals surface area contributed by atoms with Crippen molar-refractivity contribution in [1.82, 2.24) is 14.8 Å². The Morgan fingerprint density at radius 2 is 2.17 bits per heavy atom. The summed E-state index contributed by atoms with van der Waals surface area (Å²) in [6, 6.07) is 4.13. The maximum atomic E-state index is 6.22. The van der Waals surface area contributed by atoms with Crippen molar-refractivity contribution in [3.05, 3.63) is 47.0 Å². The van der Waals surface area contributed by atoms with Crippen molar-refractivity contribution < 1.29 is 0 Å². The molecule has 2 aromatic heterocycles. The molecule has 4 nitrogen and oxygen atoms in total. The number of aryl methyl sites for hydroxylation is 3. The number of hydrogen-bond donors (Lipinski definition) is 1. The third-order valence-corrected chi connectivity index (χ3v) is 3.17. The first-order valence-electron chi connectivity index (χ1n) is 6.29. The van der Waals surface area contributed by atoms with Gasteiger partial charge in [-0.25, -0.2) is 0 Å². The summed E-state index contributed by atoms with van der Waals surface area (Å²) < 4.78 is 1.80. The van der Waals surface area contributed by atoms with E-state index in [9.17, 15) is 0 Å². The molecule has 0 amide bonds. The van der Waals surface area contributed by atoms with Gasteiger partial charge in [0, 0.05) is 43.2 Å². The van der Waals surface area contributed by atoms with Crippen LogP contribution in [0.1, 0.15) is 35.5 Å². The topological polar surface area (TPSA) is 56.7 Å². The normalized spacial score (nSPS) is 12.7. The molecule has 0 aliphatic carbocycles. The summed E-state index contributed by atoms with van der Waals surface area (Å²) in [5.41, 5.74) is 10.6. The maximum Gasteiger partial charge on any atom is 0.0641 e. The molecule has 2 aromatic rings. The predicted molar refractivity (Wildman–Crippen MR) is 72.2 cm³/mol. The fourth-order valence-electron chi connectivity index (χ4n) is 2.10. The molecule has 0 aliphatic rings. The van der Waals surface area contributed by atoms with Crippen molar-refractivity contribution in [3.8, 4) is 0 Å². The molecule has 0 aromatic carbocycles. The zero-order chi connectivity index (χ0) is 13.1. The molecule has 1 unspecified atom stereocenters. The summed E-state index contributed by atoms with van der Waals surface area (Å²) >= 11 is 0. The Bertz CT molecular complexity index is 513. The van der Waals surface area contributed by atoms with E-state index in [0.717, 1.165) is 29.8 Å². The summed E-state index contributed by atoms with van der Waals surface area (Å²) in [6.07, 6.45) is 5.68. The quantitative estimate of drug-likeness (QED) is 0.894. The molecule has 1 atom stereocenters. The Hall–Kier alpha value is -1.68. The number of nitrogens with two attached hydrogens (primary N) is 1. The van der Waals surface area contributed by atoms with Crippen LogP contribution in [-0.2, 0) is 19.9 Å². The molecule has 2 N–H and O–H groups in total. The van der Waals surface area contributed by atoms with Crippen LogP contribution in [0.2, 0.25) is 0 Å². The van der Waals surface area contributed by atoms with Crippen LogP contribution in [0.5, 0.6) is 0 Å². The van der Waals surface area contributed by atoms with Gasteiger partial charge < -0.3 is 5.73 Å². The number of rotatable bonds is 4. The Balaban J connectivity index is 2.10. The van der Waals surface area contributed by atoms with Gasteiger partial charge in [0.15, 0.2) is 0 Å². The van der Waals surface area contributed by atoms with Crippen molar-refractivity contribution in [2.75, 3.05) is 0 Å². The van der Waals surface area contributed by atoms with Gasteiger partial charge in [-0.2, -0.15) is 5.10 Å². The van der Waals surface area contributed by atoms with Crippen LogP contribution < -0.4 is 5.73 Å². The highest BCUT2D eigenvalue weighted by molar-refractivity contribution is 5.22. The van der Waals surface area contributed by atoms with E-state index in [1.54, 1.807) is 4.68 Å². The lowest BCUT2D eigenvalue weighted by Crippen LogP contribution is -2.14. The van der Waals surface area contributed by atoms with Gasteiger partial charge in [-0.15, -0.1) is 0 Å². The number of aromatic nitrogens is 3. The van der Waals surface area contributed by atoms with E-state index in [2.05, 4.69) is 29.1 Å². The third-order valence-electron chi connectivity index (χ3n) is 3.17. The highest BCUT2D eigenvalue weighted by Crippen LogP contribution is 2.17. The predicted octanol–water partition coefficient (Wildman–Crippen LogP) is 1.93. The summed E-state index contributed by atoms with van der Waals surface area (Å²) in [6.45, 7) is 4.12. The molecular weight excluding hydrogens is 224 g/mol. The van der Waals surface area contributed by atoms with E-state index in [0.29, 0.717) is 0 Å². The Morgan fingerprint density at radius 1 is 1.39 bits per heavy atom. The van der Waals surface area contributed by atoms with E-state index in [1.165, 1.54) is 5.56 Å². The van der Waals surface area contributed by atoms with E-state index >= 15 is 0 Å². The molecule has 2 rings (SSSR count). The molecule has 0 bridgehead atoms. The number of hydrogen-bond acceptors (Lipinski definition) is 3. The van der Waals surface area contributed by atoms with E-state index in [-0.39, 0.29) is 6.04 Å². The molecule has 2 heterocycles. The average molecular weight is 244 g/mol. The second kappa shape index (κ2) is 5.31. The van der Waals surface area contributed by atoms with Crippen LogP contribution in [0.3, 0.4) is 0 Å². The molecular formula is C14H20N4. The van der Waals surface area contributed by atoms with Gasteiger partial charge in [-0.3, -0.25) is 9.67 Å². The molecule has 0 saturated carbocycles. The van der Waals surface area contributed by atoms with Gasteiger partial charge in [0.2, 0.25) is 0 Å². The number of nitrogens with zero attached hydrogens (tertiary/aromatic N) is 3. The van der Waals surface area contributed by atoms with Crippen LogP contribution >= 0.6 is 0 Å². The largest absolute Gasteiger partial charge is 0.324 e. The SMILES string of the molecule is CCc1ccc(CC(N)c2cn(C)nc2C)nc1. The summed E-state index contributed by atoms with van der Waals surface area (Å²) in [4.78, 5) is 4.44. The Kier molecular flexibility index (Phi) is 3.77. The lowest BCUT2D eigenvalue weighted by atomic mass is 10.0. The summed E-state index contributed by atoms with van der Waals surface area (Å²) in [5.74, 6) is 0. The van der Waals surface area contributed by atoms with Gasteiger partial charge in [-0.05, 0) is 25.0 Å². The molecule has 96 valence electrons. The second-order valence-corrected chi connectivity index (χ2v) is 4.67. The van der Waals surface area contributed by atoms with E-state index < -0.39 is 0 Å². The van der Waals surface area contributed by atoms with Crippen LogP contribution in [0.4, 0.5) is 0 Å². The fourth-order valence-corrected chi connectivity index (χ4v) is 2.10.